The highest BCUT2D eigenvalue weighted by Gasteiger charge is 2.24. The van der Waals surface area contributed by atoms with Crippen molar-refractivity contribution in [2.24, 2.45) is 0 Å². The third-order valence-electron chi connectivity index (χ3n) is 9.08. The van der Waals surface area contributed by atoms with Crippen LogP contribution in [0.25, 0.3) is 0 Å². The van der Waals surface area contributed by atoms with Gasteiger partial charge in [0.05, 0.1) is 17.9 Å². The lowest BCUT2D eigenvalue weighted by Crippen LogP contribution is -2.46. The van der Waals surface area contributed by atoms with Gasteiger partial charge in [-0.3, -0.25) is 9.35 Å². The van der Waals surface area contributed by atoms with Gasteiger partial charge in [0.15, 0.2) is 0 Å². The molecule has 0 spiro atoms. The molecule has 0 aromatic heterocycles. The second-order valence-electron chi connectivity index (χ2n) is 14.2. The first-order valence-corrected chi connectivity index (χ1v) is 22.7. The molecular weight excluding hydrogens is 667 g/mol. The van der Waals surface area contributed by atoms with E-state index in [1.54, 1.807) is 6.08 Å². The molecule has 0 rings (SSSR count). The van der Waals surface area contributed by atoms with E-state index in [2.05, 4.69) is 79.9 Å². The lowest BCUT2D eigenvalue weighted by atomic mass is 10.1. The van der Waals surface area contributed by atoms with Gasteiger partial charge in [-0.15, -0.1) is 0 Å². The predicted molar refractivity (Wildman–Crippen MR) is 225 cm³/mol. The number of rotatable bonds is 37. The van der Waals surface area contributed by atoms with Gasteiger partial charge in [-0.05, 0) is 83.5 Å². The van der Waals surface area contributed by atoms with Crippen LogP contribution in [0.1, 0.15) is 187 Å². The number of carbonyl (C=O) groups is 1. The molecular formula is C45H79NO5S. The molecule has 2 unspecified atom stereocenters. The average molecular weight is 746 g/mol. The van der Waals surface area contributed by atoms with E-state index in [-0.39, 0.29) is 12.3 Å². The average Bonchev–Trinajstić information content (AvgIpc) is 3.11. The molecule has 0 aromatic rings. The Morgan fingerprint density at radius 1 is 0.519 bits per heavy atom. The van der Waals surface area contributed by atoms with Gasteiger partial charge in [-0.25, -0.2) is 0 Å². The molecule has 0 fully saturated rings. The summed E-state index contributed by atoms with van der Waals surface area (Å²) in [6.45, 7) is 4.50. The summed E-state index contributed by atoms with van der Waals surface area (Å²) in [6, 6.07) is -1.09. The third kappa shape index (κ3) is 39.0. The largest absolute Gasteiger partial charge is 0.387 e. The molecule has 0 saturated heterocycles. The fourth-order valence-corrected chi connectivity index (χ4v) is 6.63. The smallest absolute Gasteiger partial charge is 0.267 e. The van der Waals surface area contributed by atoms with E-state index in [9.17, 15) is 22.9 Å². The zero-order valence-corrected chi connectivity index (χ0v) is 34.2. The molecule has 52 heavy (non-hydrogen) atoms. The van der Waals surface area contributed by atoms with Crippen LogP contribution < -0.4 is 5.32 Å². The van der Waals surface area contributed by atoms with Crippen molar-refractivity contribution in [2.75, 3.05) is 5.75 Å². The minimum Gasteiger partial charge on any atom is -0.387 e. The summed E-state index contributed by atoms with van der Waals surface area (Å²) in [5, 5.41) is 13.2. The van der Waals surface area contributed by atoms with Crippen molar-refractivity contribution in [2.45, 2.75) is 199 Å². The first-order chi connectivity index (χ1) is 25.3. The fraction of sp³-hybridized carbons (Fsp3) is 0.711. The van der Waals surface area contributed by atoms with Gasteiger partial charge in [0.1, 0.15) is 0 Å². The number of aliphatic hydroxyl groups is 1. The summed E-state index contributed by atoms with van der Waals surface area (Å²) in [5.41, 5.74) is 0. The standard InChI is InChI=1S/C45H79NO5S/c1-3-5-7-9-11-13-15-17-19-21-22-23-24-25-27-29-31-33-35-37-39-41-45(48)46-43(42-52(49,50)51)44(47)40-38-36-34-32-30-28-26-20-18-16-14-12-10-8-6-4-2/h15,17-18,20-22,24-25,30,32,38,40,43-44,47H,3-14,16,19,23,26-29,31,33-37,39,41-42H2,1-2H3,(H,46,48)(H,49,50,51)/b17-15-,20-18+,22-21-,25-24-,32-30+,40-38+. The van der Waals surface area contributed by atoms with E-state index >= 15 is 0 Å². The van der Waals surface area contributed by atoms with Gasteiger partial charge >= 0.3 is 0 Å². The molecule has 0 aliphatic rings. The van der Waals surface area contributed by atoms with Gasteiger partial charge < -0.3 is 10.4 Å². The summed E-state index contributed by atoms with van der Waals surface area (Å²) < 4.78 is 32.5. The highest BCUT2D eigenvalue weighted by Crippen LogP contribution is 2.11. The number of unbranched alkanes of at least 4 members (excludes halogenated alkanes) is 19. The van der Waals surface area contributed by atoms with Crippen molar-refractivity contribution in [1.82, 2.24) is 5.32 Å². The summed E-state index contributed by atoms with van der Waals surface area (Å²) >= 11 is 0. The van der Waals surface area contributed by atoms with E-state index in [1.807, 2.05) is 0 Å². The van der Waals surface area contributed by atoms with Crippen molar-refractivity contribution in [3.63, 3.8) is 0 Å². The molecule has 7 heteroatoms. The molecule has 0 aromatic carbocycles. The maximum atomic E-state index is 12.5. The molecule has 300 valence electrons. The van der Waals surface area contributed by atoms with E-state index in [1.165, 1.54) is 83.1 Å². The number of amides is 1. The molecule has 1 amide bonds. The van der Waals surface area contributed by atoms with Crippen molar-refractivity contribution < 1.29 is 22.9 Å². The van der Waals surface area contributed by atoms with Crippen LogP contribution in [-0.2, 0) is 14.9 Å². The fourth-order valence-electron chi connectivity index (χ4n) is 5.90. The minimum absolute atomic E-state index is 0.266. The van der Waals surface area contributed by atoms with Crippen LogP contribution in [0.5, 0.6) is 0 Å². The van der Waals surface area contributed by atoms with Crippen LogP contribution >= 0.6 is 0 Å². The highest BCUT2D eigenvalue weighted by atomic mass is 32.2. The Balaban J connectivity index is 4.02. The van der Waals surface area contributed by atoms with Crippen molar-refractivity contribution in [3.05, 3.63) is 72.9 Å². The topological polar surface area (TPSA) is 104 Å². The molecule has 0 aliphatic carbocycles. The van der Waals surface area contributed by atoms with E-state index < -0.39 is 28.0 Å². The Kier molecular flexibility index (Phi) is 36.9. The van der Waals surface area contributed by atoms with E-state index in [0.29, 0.717) is 12.8 Å². The summed E-state index contributed by atoms with van der Waals surface area (Å²) in [4.78, 5) is 12.5. The van der Waals surface area contributed by atoms with Crippen molar-refractivity contribution in [3.8, 4) is 0 Å². The lowest BCUT2D eigenvalue weighted by molar-refractivity contribution is -0.122. The number of allylic oxidation sites excluding steroid dienone is 11. The molecule has 3 N–H and O–H groups in total. The number of nitrogens with one attached hydrogen (secondary N) is 1. The second-order valence-corrected chi connectivity index (χ2v) is 15.7. The predicted octanol–water partition coefficient (Wildman–Crippen LogP) is 12.6. The Labute approximate surface area is 321 Å². The molecule has 0 aliphatic heterocycles. The van der Waals surface area contributed by atoms with Crippen LogP contribution in [0.4, 0.5) is 0 Å². The molecule has 0 saturated carbocycles. The van der Waals surface area contributed by atoms with Crippen LogP contribution in [0.2, 0.25) is 0 Å². The number of carbonyl (C=O) groups excluding carboxylic acids is 1. The molecule has 0 heterocycles. The van der Waals surface area contributed by atoms with Crippen LogP contribution in [0, 0.1) is 0 Å². The Morgan fingerprint density at radius 3 is 1.35 bits per heavy atom. The van der Waals surface area contributed by atoms with Crippen LogP contribution in [0.15, 0.2) is 72.9 Å². The first kappa shape index (κ1) is 49.8. The summed E-state index contributed by atoms with van der Waals surface area (Å²) in [7, 11) is -4.37. The summed E-state index contributed by atoms with van der Waals surface area (Å²) in [5.74, 6) is -1.03. The highest BCUT2D eigenvalue weighted by molar-refractivity contribution is 7.85. The zero-order valence-electron chi connectivity index (χ0n) is 33.4. The first-order valence-electron chi connectivity index (χ1n) is 21.1. The van der Waals surface area contributed by atoms with Crippen molar-refractivity contribution in [1.29, 1.82) is 0 Å². The van der Waals surface area contributed by atoms with Gasteiger partial charge in [0, 0.05) is 6.42 Å². The van der Waals surface area contributed by atoms with Crippen LogP contribution in [0.3, 0.4) is 0 Å². The van der Waals surface area contributed by atoms with Crippen LogP contribution in [-0.4, -0.2) is 41.9 Å². The molecule has 0 bridgehead atoms. The van der Waals surface area contributed by atoms with Crippen molar-refractivity contribution >= 4 is 16.0 Å². The van der Waals surface area contributed by atoms with Gasteiger partial charge in [-0.2, -0.15) is 8.42 Å². The quantitative estimate of drug-likeness (QED) is 0.0334. The lowest BCUT2D eigenvalue weighted by Gasteiger charge is -2.21. The molecule has 6 nitrogen and oxygen atoms in total. The molecule has 2 atom stereocenters. The number of aliphatic hydroxyl groups excluding tert-OH is 1. The van der Waals surface area contributed by atoms with E-state index in [0.717, 1.165) is 77.0 Å². The van der Waals surface area contributed by atoms with E-state index in [4.69, 9.17) is 0 Å². The Hall–Kier alpha value is -2.22. The van der Waals surface area contributed by atoms with Gasteiger partial charge in [-0.1, -0.05) is 170 Å². The number of hydrogen-bond donors (Lipinski definition) is 3. The summed E-state index contributed by atoms with van der Waals surface area (Å²) in [6.07, 6.45) is 54.5. The molecule has 0 radical (unpaired) electrons. The van der Waals surface area contributed by atoms with Gasteiger partial charge in [0.2, 0.25) is 5.91 Å². The zero-order chi connectivity index (χ0) is 38.2. The normalized spacial score (nSPS) is 14.0. The Morgan fingerprint density at radius 2 is 0.885 bits per heavy atom. The second kappa shape index (κ2) is 38.5. The minimum atomic E-state index is -4.37. The maximum absolute atomic E-state index is 12.5. The maximum Gasteiger partial charge on any atom is 0.267 e. The SMILES string of the molecule is CCCCCCC/C=C\C/C=C\C/C=C\CCCCCCCCC(=O)NC(CS(=O)(=O)O)C(O)/C=C/CC/C=C/CC/C=C/CCCCCCCC. The number of hydrogen-bond acceptors (Lipinski definition) is 4. The Bertz CT molecular complexity index is 1090. The van der Waals surface area contributed by atoms with Gasteiger partial charge in [0.25, 0.3) is 10.1 Å². The third-order valence-corrected chi connectivity index (χ3v) is 9.86. The monoisotopic (exact) mass is 746 g/mol.